The van der Waals surface area contributed by atoms with E-state index in [9.17, 15) is 0 Å². The second-order valence-electron chi connectivity index (χ2n) is 6.73. The minimum atomic E-state index is 0.830. The highest BCUT2D eigenvalue weighted by molar-refractivity contribution is 5.96. The first kappa shape index (κ1) is 15.5. The van der Waals surface area contributed by atoms with E-state index < -0.39 is 0 Å². The molecular weight excluding hydrogens is 302 g/mol. The topological polar surface area (TPSA) is 37.8 Å². The Balaban J connectivity index is 1.92. The van der Waals surface area contributed by atoms with Crippen LogP contribution in [0.1, 0.15) is 17.5 Å². The van der Waals surface area contributed by atoms with Gasteiger partial charge in [-0.15, -0.1) is 0 Å². The molecule has 1 aromatic heterocycles. The lowest BCUT2D eigenvalue weighted by Crippen LogP contribution is -2.45. The summed E-state index contributed by atoms with van der Waals surface area (Å²) in [5, 5.41) is 1.14. The largest absolute Gasteiger partial charge is 0.496 e. The molecular formula is C19H25N3O2. The van der Waals surface area contributed by atoms with E-state index in [0.29, 0.717) is 0 Å². The van der Waals surface area contributed by atoms with Crippen LogP contribution in [0.2, 0.25) is 0 Å². The molecule has 2 heterocycles. The molecule has 1 aromatic carbocycles. The number of methoxy groups -OCH3 is 2. The van der Waals surface area contributed by atoms with Crippen LogP contribution in [-0.4, -0.2) is 57.3 Å². The van der Waals surface area contributed by atoms with Crippen LogP contribution in [0.4, 0.5) is 5.82 Å². The van der Waals surface area contributed by atoms with Crippen LogP contribution >= 0.6 is 0 Å². The molecule has 1 aliphatic carbocycles. The monoisotopic (exact) mass is 327 g/mol. The van der Waals surface area contributed by atoms with Gasteiger partial charge in [0.15, 0.2) is 0 Å². The fraction of sp³-hybridized carbons (Fsp3) is 0.526. The van der Waals surface area contributed by atoms with E-state index in [1.165, 1.54) is 17.5 Å². The van der Waals surface area contributed by atoms with Crippen molar-refractivity contribution < 1.29 is 9.47 Å². The van der Waals surface area contributed by atoms with Gasteiger partial charge < -0.3 is 19.3 Å². The maximum Gasteiger partial charge on any atom is 0.145 e. The number of hydrogen-bond acceptors (Lipinski definition) is 5. The number of rotatable bonds is 3. The first-order chi connectivity index (χ1) is 11.7. The summed E-state index contributed by atoms with van der Waals surface area (Å²) in [5.74, 6) is 2.90. The number of nitrogens with zero attached hydrogens (tertiary/aromatic N) is 3. The third kappa shape index (κ3) is 2.38. The molecule has 2 aromatic rings. The minimum absolute atomic E-state index is 0.830. The number of fused-ring (bicyclic) bond motifs is 3. The fourth-order valence-corrected chi connectivity index (χ4v) is 4.01. The van der Waals surface area contributed by atoms with Crippen LogP contribution in [0.25, 0.3) is 10.9 Å². The lowest BCUT2D eigenvalue weighted by molar-refractivity contribution is 0.312. The Morgan fingerprint density at radius 1 is 0.917 bits per heavy atom. The normalized spacial score (nSPS) is 18.0. The van der Waals surface area contributed by atoms with Gasteiger partial charge >= 0.3 is 0 Å². The molecule has 0 N–H and O–H groups in total. The van der Waals surface area contributed by atoms with Gasteiger partial charge in [0.1, 0.15) is 22.8 Å². The van der Waals surface area contributed by atoms with Crippen LogP contribution in [0.3, 0.4) is 0 Å². The van der Waals surface area contributed by atoms with Crippen LogP contribution < -0.4 is 14.4 Å². The summed E-state index contributed by atoms with van der Waals surface area (Å²) in [6.07, 6.45) is 3.40. The number of ether oxygens (including phenoxy) is 2. The standard InChI is InChI=1S/C19H25N3O2/c1-21-9-11-22(12-10-21)19-14-6-4-5-13(14)17-15(23-2)7-8-16(24-3)18(17)20-19/h7-8H,4-6,9-12H2,1-3H3. The van der Waals surface area contributed by atoms with Gasteiger partial charge in [0.05, 0.1) is 14.2 Å². The molecule has 128 valence electrons. The predicted molar refractivity (Wildman–Crippen MR) is 96.6 cm³/mol. The molecule has 0 radical (unpaired) electrons. The Morgan fingerprint density at radius 3 is 2.29 bits per heavy atom. The zero-order valence-corrected chi connectivity index (χ0v) is 14.8. The maximum absolute atomic E-state index is 5.64. The Hall–Kier alpha value is -2.01. The number of benzene rings is 1. The number of aryl methyl sites for hydroxylation is 1. The lowest BCUT2D eigenvalue weighted by Gasteiger charge is -2.34. The molecule has 0 spiro atoms. The van der Waals surface area contributed by atoms with Crippen molar-refractivity contribution in [1.29, 1.82) is 0 Å². The van der Waals surface area contributed by atoms with Crippen molar-refractivity contribution in [2.24, 2.45) is 0 Å². The van der Waals surface area contributed by atoms with Crippen LogP contribution in [0.5, 0.6) is 11.5 Å². The highest BCUT2D eigenvalue weighted by Gasteiger charge is 2.27. The van der Waals surface area contributed by atoms with Crippen molar-refractivity contribution >= 4 is 16.7 Å². The Kier molecular flexibility index (Phi) is 3.96. The number of hydrogen-bond donors (Lipinski definition) is 0. The molecule has 0 saturated carbocycles. The van der Waals surface area contributed by atoms with Gasteiger partial charge in [-0.05, 0) is 49.6 Å². The summed E-state index contributed by atoms with van der Waals surface area (Å²) in [6.45, 7) is 4.24. The number of piperazine rings is 1. The molecule has 4 rings (SSSR count). The number of aromatic nitrogens is 1. The van der Waals surface area contributed by atoms with Crippen molar-refractivity contribution in [2.45, 2.75) is 19.3 Å². The third-order valence-electron chi connectivity index (χ3n) is 5.35. The first-order valence-electron chi connectivity index (χ1n) is 8.73. The highest BCUT2D eigenvalue weighted by atomic mass is 16.5. The van der Waals surface area contributed by atoms with Gasteiger partial charge in [-0.2, -0.15) is 0 Å². The quantitative estimate of drug-likeness (QED) is 0.866. The Bertz CT molecular complexity index is 767. The second-order valence-corrected chi connectivity index (χ2v) is 6.73. The second kappa shape index (κ2) is 6.13. The average molecular weight is 327 g/mol. The molecule has 24 heavy (non-hydrogen) atoms. The van der Waals surface area contributed by atoms with Crippen LogP contribution in [0, 0.1) is 0 Å². The SMILES string of the molecule is COc1ccc(OC)c2c3c(c(N4CCN(C)CC4)nc12)CCC3. The van der Waals surface area contributed by atoms with Crippen LogP contribution in [-0.2, 0) is 12.8 Å². The molecule has 2 aliphatic rings. The molecule has 0 atom stereocenters. The summed E-state index contributed by atoms with van der Waals surface area (Å²) < 4.78 is 11.2. The highest BCUT2D eigenvalue weighted by Crippen LogP contribution is 2.42. The van der Waals surface area contributed by atoms with Gasteiger partial charge in [0, 0.05) is 31.6 Å². The molecule has 0 unspecified atom stereocenters. The predicted octanol–water partition coefficient (Wildman–Crippen LogP) is 2.49. The third-order valence-corrected chi connectivity index (χ3v) is 5.35. The van der Waals surface area contributed by atoms with Crippen molar-refractivity contribution in [3.63, 3.8) is 0 Å². The molecule has 0 bridgehead atoms. The van der Waals surface area contributed by atoms with Gasteiger partial charge in [0.25, 0.3) is 0 Å². The Morgan fingerprint density at radius 2 is 1.58 bits per heavy atom. The number of pyridine rings is 1. The van der Waals surface area contributed by atoms with Gasteiger partial charge in [0.2, 0.25) is 0 Å². The van der Waals surface area contributed by atoms with E-state index in [2.05, 4.69) is 16.8 Å². The number of anilines is 1. The maximum atomic E-state index is 5.64. The van der Waals surface area contributed by atoms with Crippen molar-refractivity contribution in [1.82, 2.24) is 9.88 Å². The fourth-order valence-electron chi connectivity index (χ4n) is 4.01. The number of likely N-dealkylation sites (N-methyl/N-ethyl adjacent to an activating group) is 1. The van der Waals surface area contributed by atoms with E-state index in [-0.39, 0.29) is 0 Å². The van der Waals surface area contributed by atoms with E-state index in [1.54, 1.807) is 14.2 Å². The molecule has 0 amide bonds. The van der Waals surface area contributed by atoms with Gasteiger partial charge in [-0.3, -0.25) is 0 Å². The summed E-state index contributed by atoms with van der Waals surface area (Å²) in [6, 6.07) is 3.96. The molecule has 1 aliphatic heterocycles. The van der Waals surface area contributed by atoms with Crippen molar-refractivity contribution in [3.8, 4) is 11.5 Å². The Labute approximate surface area is 143 Å². The first-order valence-corrected chi connectivity index (χ1v) is 8.73. The van der Waals surface area contributed by atoms with Crippen molar-refractivity contribution in [2.75, 3.05) is 52.3 Å². The van der Waals surface area contributed by atoms with E-state index in [4.69, 9.17) is 14.5 Å². The molecule has 5 nitrogen and oxygen atoms in total. The zero-order valence-electron chi connectivity index (χ0n) is 14.8. The van der Waals surface area contributed by atoms with Crippen molar-refractivity contribution in [3.05, 3.63) is 23.3 Å². The smallest absolute Gasteiger partial charge is 0.145 e. The van der Waals surface area contributed by atoms with E-state index in [1.807, 2.05) is 12.1 Å². The molecule has 1 saturated heterocycles. The summed E-state index contributed by atoms with van der Waals surface area (Å²) in [4.78, 5) is 9.90. The van der Waals surface area contributed by atoms with Gasteiger partial charge in [-0.1, -0.05) is 0 Å². The summed E-state index contributed by atoms with van der Waals surface area (Å²) in [5.41, 5.74) is 3.76. The summed E-state index contributed by atoms with van der Waals surface area (Å²) >= 11 is 0. The minimum Gasteiger partial charge on any atom is -0.496 e. The van der Waals surface area contributed by atoms with Gasteiger partial charge in [-0.25, -0.2) is 4.98 Å². The summed E-state index contributed by atoms with van der Waals surface area (Å²) in [7, 11) is 5.63. The zero-order chi connectivity index (χ0) is 16.7. The average Bonchev–Trinajstić information content (AvgIpc) is 3.10. The molecule has 5 heteroatoms. The molecule has 1 fully saturated rings. The lowest BCUT2D eigenvalue weighted by atomic mass is 10.0. The van der Waals surface area contributed by atoms with Crippen LogP contribution in [0.15, 0.2) is 12.1 Å². The van der Waals surface area contributed by atoms with E-state index in [0.717, 1.165) is 67.2 Å². The van der Waals surface area contributed by atoms with E-state index >= 15 is 0 Å².